The number of benzene rings is 1. The highest BCUT2D eigenvalue weighted by Gasteiger charge is 2.31. The highest BCUT2D eigenvalue weighted by molar-refractivity contribution is 5.90. The van der Waals surface area contributed by atoms with Crippen LogP contribution in [0.25, 0.3) is 0 Å². The van der Waals surface area contributed by atoms with Gasteiger partial charge in [0.15, 0.2) is 0 Å². The van der Waals surface area contributed by atoms with Crippen LogP contribution >= 0.6 is 0 Å². The van der Waals surface area contributed by atoms with Crippen LogP contribution in [0.3, 0.4) is 0 Å². The van der Waals surface area contributed by atoms with Gasteiger partial charge < -0.3 is 14.7 Å². The predicted molar refractivity (Wildman–Crippen MR) is 76.0 cm³/mol. The van der Waals surface area contributed by atoms with E-state index < -0.39 is 11.8 Å². The van der Waals surface area contributed by atoms with Crippen LogP contribution in [0, 0.1) is 11.7 Å². The van der Waals surface area contributed by atoms with Gasteiger partial charge >= 0.3 is 5.97 Å². The van der Waals surface area contributed by atoms with Crippen molar-refractivity contribution in [2.45, 2.75) is 25.8 Å². The van der Waals surface area contributed by atoms with E-state index in [-0.39, 0.29) is 23.9 Å². The van der Waals surface area contributed by atoms with Crippen molar-refractivity contribution in [3.8, 4) is 0 Å². The minimum Gasteiger partial charge on any atom is -0.478 e. The molecule has 118 valence electrons. The molecule has 1 amide bonds. The van der Waals surface area contributed by atoms with E-state index >= 15 is 0 Å². The van der Waals surface area contributed by atoms with Crippen LogP contribution in [0.1, 0.15) is 34.3 Å². The van der Waals surface area contributed by atoms with Crippen LogP contribution in [0.15, 0.2) is 12.1 Å². The summed E-state index contributed by atoms with van der Waals surface area (Å²) in [6, 6.07) is 2.47. The minimum absolute atomic E-state index is 0.0227. The Kier molecular flexibility index (Phi) is 4.11. The van der Waals surface area contributed by atoms with E-state index in [0.29, 0.717) is 50.1 Å². The molecule has 6 heteroatoms. The van der Waals surface area contributed by atoms with Crippen molar-refractivity contribution in [3.63, 3.8) is 0 Å². The van der Waals surface area contributed by atoms with Gasteiger partial charge in [-0.15, -0.1) is 0 Å². The highest BCUT2D eigenvalue weighted by Crippen LogP contribution is 2.28. The topological polar surface area (TPSA) is 66.8 Å². The normalized spacial score (nSPS) is 18.9. The molecule has 0 atom stereocenters. The van der Waals surface area contributed by atoms with E-state index in [0.717, 1.165) is 0 Å². The second kappa shape index (κ2) is 6.04. The van der Waals surface area contributed by atoms with Crippen molar-refractivity contribution in [1.29, 1.82) is 0 Å². The van der Waals surface area contributed by atoms with Gasteiger partial charge in [0, 0.05) is 32.2 Å². The lowest BCUT2D eigenvalue weighted by atomic mass is 9.92. The molecule has 0 aromatic heterocycles. The molecular formula is C16H18FNO4. The van der Waals surface area contributed by atoms with Crippen LogP contribution in [0.4, 0.5) is 4.39 Å². The first kappa shape index (κ1) is 15.0. The average Bonchev–Trinajstić information content (AvgIpc) is 2.54. The largest absolute Gasteiger partial charge is 0.478 e. The summed E-state index contributed by atoms with van der Waals surface area (Å²) in [7, 11) is 0. The van der Waals surface area contributed by atoms with Crippen LogP contribution in [0.2, 0.25) is 0 Å². The number of carboxylic acid groups (broad SMARTS) is 1. The van der Waals surface area contributed by atoms with Gasteiger partial charge in [-0.1, -0.05) is 0 Å². The van der Waals surface area contributed by atoms with Crippen molar-refractivity contribution in [2.24, 2.45) is 5.92 Å². The summed E-state index contributed by atoms with van der Waals surface area (Å²) in [4.78, 5) is 25.5. The fourth-order valence-electron chi connectivity index (χ4n) is 3.22. The molecule has 0 unspecified atom stereocenters. The quantitative estimate of drug-likeness (QED) is 0.905. The Morgan fingerprint density at radius 2 is 1.95 bits per heavy atom. The third kappa shape index (κ3) is 2.70. The summed E-state index contributed by atoms with van der Waals surface area (Å²) in [5.74, 6) is -1.53. The van der Waals surface area contributed by atoms with Gasteiger partial charge in [-0.05, 0) is 42.5 Å². The Bertz CT molecular complexity index is 610. The third-order valence-corrected chi connectivity index (χ3v) is 4.47. The summed E-state index contributed by atoms with van der Waals surface area (Å²) in [6.45, 7) is 1.76. The number of ether oxygens (including phenoxy) is 1. The molecule has 0 radical (unpaired) electrons. The lowest BCUT2D eigenvalue weighted by molar-refractivity contribution is -0.139. The molecule has 1 aromatic carbocycles. The molecule has 22 heavy (non-hydrogen) atoms. The lowest BCUT2D eigenvalue weighted by Crippen LogP contribution is -2.42. The number of amides is 1. The zero-order valence-corrected chi connectivity index (χ0v) is 12.2. The van der Waals surface area contributed by atoms with Crippen molar-refractivity contribution in [1.82, 2.24) is 4.90 Å². The molecule has 0 saturated carbocycles. The smallest absolute Gasteiger partial charge is 0.336 e. The number of hydrogen-bond acceptors (Lipinski definition) is 3. The van der Waals surface area contributed by atoms with Gasteiger partial charge in [-0.3, -0.25) is 4.79 Å². The molecule has 2 aliphatic heterocycles. The molecular weight excluding hydrogens is 289 g/mol. The number of hydrogen-bond donors (Lipinski definition) is 1. The first-order valence-electron chi connectivity index (χ1n) is 7.48. The van der Waals surface area contributed by atoms with Crippen LogP contribution in [-0.4, -0.2) is 41.6 Å². The molecule has 0 spiro atoms. The molecule has 5 nitrogen and oxygen atoms in total. The van der Waals surface area contributed by atoms with Gasteiger partial charge in [-0.2, -0.15) is 0 Å². The van der Waals surface area contributed by atoms with E-state index in [9.17, 15) is 19.1 Å². The van der Waals surface area contributed by atoms with E-state index in [1.807, 2.05) is 0 Å². The molecule has 1 N–H and O–H groups in total. The maximum Gasteiger partial charge on any atom is 0.336 e. The first-order valence-corrected chi connectivity index (χ1v) is 7.48. The first-order chi connectivity index (χ1) is 10.6. The fourth-order valence-corrected chi connectivity index (χ4v) is 3.22. The predicted octanol–water partition coefficient (Wildman–Crippen LogP) is 1.84. The fraction of sp³-hybridized carbons (Fsp3) is 0.500. The lowest BCUT2D eigenvalue weighted by Gasteiger charge is -2.33. The molecule has 1 aromatic rings. The molecule has 1 fully saturated rings. The second-order valence-corrected chi connectivity index (χ2v) is 5.75. The minimum atomic E-state index is -1.09. The number of fused-ring (bicyclic) bond motifs is 1. The SMILES string of the molecule is O=C(O)c1ccc(F)c2c1CN(C(=O)C1CCOCC1)CC2. The van der Waals surface area contributed by atoms with Gasteiger partial charge in [0.2, 0.25) is 5.91 Å². The molecule has 3 rings (SSSR count). The molecule has 1 saturated heterocycles. The average molecular weight is 307 g/mol. The van der Waals surface area contributed by atoms with Gasteiger partial charge in [-0.25, -0.2) is 9.18 Å². The third-order valence-electron chi connectivity index (χ3n) is 4.47. The maximum atomic E-state index is 13.9. The highest BCUT2D eigenvalue weighted by atomic mass is 19.1. The zero-order valence-electron chi connectivity index (χ0n) is 12.2. The molecule has 0 aliphatic carbocycles. The summed E-state index contributed by atoms with van der Waals surface area (Å²) >= 11 is 0. The van der Waals surface area contributed by atoms with Crippen LogP contribution in [0.5, 0.6) is 0 Å². The molecule has 2 aliphatic rings. The number of carbonyl (C=O) groups excluding carboxylic acids is 1. The number of carboxylic acids is 1. The van der Waals surface area contributed by atoms with E-state index in [2.05, 4.69) is 0 Å². The second-order valence-electron chi connectivity index (χ2n) is 5.75. The monoisotopic (exact) mass is 307 g/mol. The summed E-state index contributed by atoms with van der Waals surface area (Å²) in [5.41, 5.74) is 0.941. The Morgan fingerprint density at radius 1 is 1.23 bits per heavy atom. The van der Waals surface area contributed by atoms with Crippen molar-refractivity contribution in [2.75, 3.05) is 19.8 Å². The summed E-state index contributed by atoms with van der Waals surface area (Å²) in [5, 5.41) is 9.26. The van der Waals surface area contributed by atoms with Crippen LogP contribution in [-0.2, 0) is 22.5 Å². The maximum absolute atomic E-state index is 13.9. The number of halogens is 1. The molecule has 0 bridgehead atoms. The number of nitrogens with zero attached hydrogens (tertiary/aromatic N) is 1. The van der Waals surface area contributed by atoms with E-state index in [1.54, 1.807) is 4.90 Å². The van der Waals surface area contributed by atoms with Gasteiger partial charge in [0.25, 0.3) is 0 Å². The molecule has 2 heterocycles. The summed E-state index contributed by atoms with van der Waals surface area (Å²) < 4.78 is 19.1. The number of carbonyl (C=O) groups is 2. The number of rotatable bonds is 2. The zero-order chi connectivity index (χ0) is 15.7. The standard InChI is InChI=1S/C16H18FNO4/c17-14-2-1-12(16(20)21)13-9-18(6-3-11(13)14)15(19)10-4-7-22-8-5-10/h1-2,10H,3-9H2,(H,20,21). The van der Waals surface area contributed by atoms with Crippen LogP contribution < -0.4 is 0 Å². The Hall–Kier alpha value is -1.95. The van der Waals surface area contributed by atoms with Crippen molar-refractivity contribution in [3.05, 3.63) is 34.6 Å². The van der Waals surface area contributed by atoms with E-state index in [4.69, 9.17) is 4.74 Å². The Labute approximate surface area is 127 Å². The van der Waals surface area contributed by atoms with Gasteiger partial charge in [0.05, 0.1) is 5.56 Å². The Morgan fingerprint density at radius 3 is 2.64 bits per heavy atom. The van der Waals surface area contributed by atoms with Crippen molar-refractivity contribution < 1.29 is 23.8 Å². The summed E-state index contributed by atoms with van der Waals surface area (Å²) in [6.07, 6.45) is 1.74. The van der Waals surface area contributed by atoms with Crippen molar-refractivity contribution >= 4 is 11.9 Å². The number of aromatic carboxylic acids is 1. The van der Waals surface area contributed by atoms with E-state index in [1.165, 1.54) is 12.1 Å². The van der Waals surface area contributed by atoms with Gasteiger partial charge in [0.1, 0.15) is 5.82 Å². The Balaban J connectivity index is 1.85.